The minimum absolute atomic E-state index is 0.111. The molecule has 0 aliphatic rings. The van der Waals surface area contributed by atoms with Crippen LogP contribution in [-0.4, -0.2) is 25.9 Å². The SMILES string of the molecule is Cc1cc(C)nc(C(=S)C(=O)O)n1. The van der Waals surface area contributed by atoms with Crippen molar-refractivity contribution >= 4 is 23.1 Å². The van der Waals surface area contributed by atoms with Gasteiger partial charge in [-0.25, -0.2) is 14.8 Å². The molecule has 0 spiro atoms. The van der Waals surface area contributed by atoms with E-state index in [1.807, 2.05) is 0 Å². The smallest absolute Gasteiger partial charge is 0.350 e. The van der Waals surface area contributed by atoms with Gasteiger partial charge in [-0.15, -0.1) is 0 Å². The van der Waals surface area contributed by atoms with Crippen LogP contribution in [-0.2, 0) is 4.79 Å². The van der Waals surface area contributed by atoms with Gasteiger partial charge in [0.2, 0.25) is 0 Å². The highest BCUT2D eigenvalue weighted by atomic mass is 32.1. The molecule has 0 radical (unpaired) electrons. The van der Waals surface area contributed by atoms with Crippen molar-refractivity contribution in [1.82, 2.24) is 9.97 Å². The molecule has 4 nitrogen and oxygen atoms in total. The molecule has 0 saturated heterocycles. The van der Waals surface area contributed by atoms with Crippen LogP contribution < -0.4 is 0 Å². The summed E-state index contributed by atoms with van der Waals surface area (Å²) in [7, 11) is 0. The average molecular weight is 196 g/mol. The van der Waals surface area contributed by atoms with Gasteiger partial charge in [-0.2, -0.15) is 0 Å². The summed E-state index contributed by atoms with van der Waals surface area (Å²) in [5.41, 5.74) is 1.43. The second-order valence-electron chi connectivity index (χ2n) is 2.61. The molecule has 5 heteroatoms. The summed E-state index contributed by atoms with van der Waals surface area (Å²) in [5.74, 6) is -1.06. The minimum atomic E-state index is -1.17. The second kappa shape index (κ2) is 3.57. The molecule has 0 fully saturated rings. The third-order valence-electron chi connectivity index (χ3n) is 1.38. The number of rotatable bonds is 2. The number of thiocarbonyl (C=S) groups is 1. The first-order valence-corrected chi connectivity index (χ1v) is 4.01. The highest BCUT2D eigenvalue weighted by Crippen LogP contribution is 2.00. The van der Waals surface area contributed by atoms with Gasteiger partial charge in [0.1, 0.15) is 0 Å². The number of carbonyl (C=O) groups is 1. The Labute approximate surface area is 80.6 Å². The zero-order chi connectivity index (χ0) is 10.0. The number of nitrogens with zero attached hydrogens (tertiary/aromatic N) is 2. The van der Waals surface area contributed by atoms with Gasteiger partial charge in [-0.1, -0.05) is 12.2 Å². The van der Waals surface area contributed by atoms with Gasteiger partial charge in [0.05, 0.1) is 0 Å². The fourth-order valence-corrected chi connectivity index (χ4v) is 1.01. The van der Waals surface area contributed by atoms with E-state index >= 15 is 0 Å². The maximum Gasteiger partial charge on any atom is 0.350 e. The monoisotopic (exact) mass is 196 g/mol. The number of hydrogen-bond acceptors (Lipinski definition) is 4. The van der Waals surface area contributed by atoms with Crippen molar-refractivity contribution < 1.29 is 9.90 Å². The first-order valence-electron chi connectivity index (χ1n) is 3.60. The molecule has 1 aromatic rings. The summed E-state index contributed by atoms with van der Waals surface area (Å²) in [6.45, 7) is 3.53. The predicted octanol–water partition coefficient (Wildman–Crippen LogP) is 0.896. The van der Waals surface area contributed by atoms with Crippen molar-refractivity contribution in [3.63, 3.8) is 0 Å². The van der Waals surface area contributed by atoms with Gasteiger partial charge in [0.15, 0.2) is 10.7 Å². The summed E-state index contributed by atoms with van der Waals surface area (Å²) >= 11 is 4.64. The lowest BCUT2D eigenvalue weighted by molar-refractivity contribution is -0.129. The molecule has 13 heavy (non-hydrogen) atoms. The Bertz CT molecular complexity index is 356. The van der Waals surface area contributed by atoms with E-state index in [0.29, 0.717) is 11.4 Å². The zero-order valence-electron chi connectivity index (χ0n) is 7.24. The fraction of sp³-hybridized carbons (Fsp3) is 0.250. The molecule has 1 N–H and O–H groups in total. The Kier molecular flexibility index (Phi) is 2.67. The first-order chi connectivity index (χ1) is 6.00. The topological polar surface area (TPSA) is 63.1 Å². The molecule has 0 aliphatic heterocycles. The number of carboxylic acid groups (broad SMARTS) is 1. The van der Waals surface area contributed by atoms with Crippen LogP contribution >= 0.6 is 12.2 Å². The lowest BCUT2D eigenvalue weighted by Gasteiger charge is -2.00. The van der Waals surface area contributed by atoms with Crippen LogP contribution in [0.2, 0.25) is 0 Å². The normalized spacial score (nSPS) is 9.69. The third kappa shape index (κ3) is 2.29. The zero-order valence-corrected chi connectivity index (χ0v) is 8.05. The van der Waals surface area contributed by atoms with Crippen LogP contribution in [0.3, 0.4) is 0 Å². The van der Waals surface area contributed by atoms with Gasteiger partial charge < -0.3 is 5.11 Å². The summed E-state index contributed by atoms with van der Waals surface area (Å²) in [6.07, 6.45) is 0. The third-order valence-corrected chi connectivity index (χ3v) is 1.74. The molecular weight excluding hydrogens is 188 g/mol. The van der Waals surface area contributed by atoms with Crippen LogP contribution in [0, 0.1) is 13.8 Å². The van der Waals surface area contributed by atoms with Crippen LogP contribution in [0.1, 0.15) is 17.2 Å². The van der Waals surface area contributed by atoms with Gasteiger partial charge in [0.25, 0.3) is 0 Å². The van der Waals surface area contributed by atoms with Crippen molar-refractivity contribution in [2.75, 3.05) is 0 Å². The number of aromatic nitrogens is 2. The molecule has 1 aromatic heterocycles. The number of hydrogen-bond donors (Lipinski definition) is 1. The molecular formula is C8H8N2O2S. The van der Waals surface area contributed by atoms with Gasteiger partial charge in [-0.3, -0.25) is 0 Å². The maximum absolute atomic E-state index is 10.5. The summed E-state index contributed by atoms with van der Waals surface area (Å²) in [5, 5.41) is 8.60. The molecule has 1 rings (SSSR count). The lowest BCUT2D eigenvalue weighted by atomic mass is 10.3. The van der Waals surface area contributed by atoms with Crippen LogP contribution in [0.15, 0.2) is 6.07 Å². The molecule has 1 heterocycles. The van der Waals surface area contributed by atoms with E-state index < -0.39 is 5.97 Å². The maximum atomic E-state index is 10.5. The Morgan fingerprint density at radius 2 is 1.85 bits per heavy atom. The highest BCUT2D eigenvalue weighted by Gasteiger charge is 2.13. The quantitative estimate of drug-likeness (QED) is 0.562. The standard InChI is InChI=1S/C8H8N2O2S/c1-4-3-5(2)10-7(9-4)6(13)8(11)12/h3H,1-2H3,(H,11,12). The van der Waals surface area contributed by atoms with Gasteiger partial charge >= 0.3 is 5.97 Å². The molecule has 0 aliphatic carbocycles. The largest absolute Gasteiger partial charge is 0.477 e. The minimum Gasteiger partial charge on any atom is -0.477 e. The molecule has 0 saturated carbocycles. The molecule has 0 amide bonds. The fourth-order valence-electron chi connectivity index (χ4n) is 0.923. The van der Waals surface area contributed by atoms with Crippen molar-refractivity contribution in [3.05, 3.63) is 23.3 Å². The van der Waals surface area contributed by atoms with Crippen molar-refractivity contribution in [2.24, 2.45) is 0 Å². The molecule has 0 atom stereocenters. The van der Waals surface area contributed by atoms with Gasteiger partial charge in [0, 0.05) is 11.4 Å². The summed E-state index contributed by atoms with van der Waals surface area (Å²) < 4.78 is 0. The van der Waals surface area contributed by atoms with E-state index in [9.17, 15) is 4.79 Å². The number of aliphatic carboxylic acids is 1. The lowest BCUT2D eigenvalue weighted by Crippen LogP contribution is -2.16. The van der Waals surface area contributed by atoms with E-state index in [1.54, 1.807) is 19.9 Å². The second-order valence-corrected chi connectivity index (χ2v) is 3.02. The van der Waals surface area contributed by atoms with E-state index in [2.05, 4.69) is 22.2 Å². The molecule has 0 unspecified atom stereocenters. The van der Waals surface area contributed by atoms with Crippen molar-refractivity contribution in [3.8, 4) is 0 Å². The summed E-state index contributed by atoms with van der Waals surface area (Å²) in [4.78, 5) is 18.1. The highest BCUT2D eigenvalue weighted by molar-refractivity contribution is 7.82. The number of aryl methyl sites for hydroxylation is 2. The number of carboxylic acids is 1. The Morgan fingerprint density at radius 3 is 2.23 bits per heavy atom. The van der Waals surface area contributed by atoms with E-state index in [1.165, 1.54) is 0 Å². The van der Waals surface area contributed by atoms with Crippen molar-refractivity contribution in [2.45, 2.75) is 13.8 Å². The summed E-state index contributed by atoms with van der Waals surface area (Å²) in [6, 6.07) is 1.76. The Hall–Kier alpha value is -1.36. The molecule has 0 aromatic carbocycles. The van der Waals surface area contributed by atoms with Gasteiger partial charge in [-0.05, 0) is 19.9 Å². The Morgan fingerprint density at radius 1 is 1.38 bits per heavy atom. The first kappa shape index (κ1) is 9.73. The van der Waals surface area contributed by atoms with Crippen molar-refractivity contribution in [1.29, 1.82) is 0 Å². The van der Waals surface area contributed by atoms with E-state index in [4.69, 9.17) is 5.11 Å². The van der Waals surface area contributed by atoms with Crippen LogP contribution in [0.5, 0.6) is 0 Å². The van der Waals surface area contributed by atoms with E-state index in [0.717, 1.165) is 0 Å². The predicted molar refractivity (Wildman–Crippen MR) is 50.8 cm³/mol. The molecule has 68 valence electrons. The molecule has 0 bridgehead atoms. The van der Waals surface area contributed by atoms with Crippen LogP contribution in [0.4, 0.5) is 0 Å². The average Bonchev–Trinajstić information content (AvgIpc) is 2.01. The Balaban J connectivity index is 3.15. The van der Waals surface area contributed by atoms with Crippen LogP contribution in [0.25, 0.3) is 0 Å². The van der Waals surface area contributed by atoms with E-state index in [-0.39, 0.29) is 10.7 Å².